The van der Waals surface area contributed by atoms with E-state index >= 15 is 0 Å². The van der Waals surface area contributed by atoms with Crippen LogP contribution in [-0.4, -0.2) is 31.7 Å². The van der Waals surface area contributed by atoms with Gasteiger partial charge in [0, 0.05) is 19.7 Å². The number of nitrogens with one attached hydrogen (secondary N) is 1. The summed E-state index contributed by atoms with van der Waals surface area (Å²) in [5, 5.41) is 3.06. The summed E-state index contributed by atoms with van der Waals surface area (Å²) in [6.07, 6.45) is 3.54. The van der Waals surface area contributed by atoms with E-state index in [0.29, 0.717) is 24.4 Å². The number of hydrogen-bond donors (Lipinski definition) is 2. The van der Waals surface area contributed by atoms with Crippen LogP contribution >= 0.6 is 0 Å². The zero-order valence-electron chi connectivity index (χ0n) is 10.6. The minimum absolute atomic E-state index is 0.0556. The van der Waals surface area contributed by atoms with Crippen LogP contribution in [0.4, 0.5) is 0 Å². The number of carbonyl (C=O) groups is 1. The van der Waals surface area contributed by atoms with E-state index in [9.17, 15) is 4.79 Å². The molecule has 1 amide bonds. The normalized spacial score (nSPS) is 25.4. The molecule has 0 saturated heterocycles. The molecule has 2 unspecified atom stereocenters. The van der Waals surface area contributed by atoms with E-state index in [1.165, 1.54) is 6.42 Å². The molecule has 2 atom stereocenters. The molecule has 1 rings (SSSR count). The van der Waals surface area contributed by atoms with Crippen LogP contribution in [0.3, 0.4) is 0 Å². The highest BCUT2D eigenvalue weighted by Gasteiger charge is 2.31. The first kappa shape index (κ1) is 13.5. The van der Waals surface area contributed by atoms with E-state index in [0.717, 1.165) is 12.8 Å². The van der Waals surface area contributed by atoms with Crippen LogP contribution in [0.2, 0.25) is 0 Å². The zero-order chi connectivity index (χ0) is 12.2. The number of rotatable bonds is 5. The minimum atomic E-state index is -0.158. The van der Waals surface area contributed by atoms with Gasteiger partial charge < -0.3 is 15.8 Å². The Morgan fingerprint density at radius 2 is 2.31 bits per heavy atom. The van der Waals surface area contributed by atoms with Gasteiger partial charge >= 0.3 is 0 Å². The molecule has 1 aliphatic rings. The Bertz CT molecular complexity index is 237. The number of amides is 1. The van der Waals surface area contributed by atoms with Gasteiger partial charge in [-0.1, -0.05) is 13.8 Å². The second kappa shape index (κ2) is 5.64. The van der Waals surface area contributed by atoms with Crippen molar-refractivity contribution in [2.75, 3.05) is 13.7 Å². The van der Waals surface area contributed by atoms with Crippen LogP contribution in [0.25, 0.3) is 0 Å². The Hall–Kier alpha value is -0.610. The Kier molecular flexibility index (Phi) is 4.74. The molecule has 0 aromatic rings. The Labute approximate surface area is 97.9 Å². The molecule has 1 saturated carbocycles. The maximum atomic E-state index is 11.7. The number of ether oxygens (including phenoxy) is 1. The fraction of sp³-hybridized carbons (Fsp3) is 0.917. The smallest absolute Gasteiger partial charge is 0.222 e. The summed E-state index contributed by atoms with van der Waals surface area (Å²) in [5.74, 6) is 0.0556. The number of carbonyl (C=O) groups excluding carboxylic acids is 1. The number of nitrogens with two attached hydrogens (primary N) is 1. The van der Waals surface area contributed by atoms with Gasteiger partial charge in [0.2, 0.25) is 5.91 Å². The predicted octanol–water partition coefficient (Wildman–Crippen LogP) is 1.05. The van der Waals surface area contributed by atoms with Crippen LogP contribution in [0.5, 0.6) is 0 Å². The second-order valence-electron chi connectivity index (χ2n) is 5.47. The van der Waals surface area contributed by atoms with E-state index < -0.39 is 0 Å². The van der Waals surface area contributed by atoms with E-state index in [1.807, 2.05) is 0 Å². The fourth-order valence-electron chi connectivity index (χ4n) is 2.32. The lowest BCUT2D eigenvalue weighted by atomic mass is 9.92. The molecule has 0 bridgehead atoms. The lowest BCUT2D eigenvalue weighted by Crippen LogP contribution is -2.37. The topological polar surface area (TPSA) is 64.3 Å². The van der Waals surface area contributed by atoms with E-state index in [2.05, 4.69) is 19.2 Å². The third-order valence-corrected chi connectivity index (χ3v) is 3.34. The quantitative estimate of drug-likeness (QED) is 0.739. The van der Waals surface area contributed by atoms with Crippen molar-refractivity contribution in [1.29, 1.82) is 0 Å². The van der Waals surface area contributed by atoms with Gasteiger partial charge in [0.1, 0.15) is 0 Å². The molecule has 3 N–H and O–H groups in total. The monoisotopic (exact) mass is 228 g/mol. The van der Waals surface area contributed by atoms with Gasteiger partial charge in [-0.3, -0.25) is 4.79 Å². The van der Waals surface area contributed by atoms with Crippen molar-refractivity contribution in [2.24, 2.45) is 11.1 Å². The lowest BCUT2D eigenvalue weighted by Gasteiger charge is -2.19. The minimum Gasteiger partial charge on any atom is -0.380 e. The zero-order valence-corrected chi connectivity index (χ0v) is 10.6. The van der Waals surface area contributed by atoms with Crippen LogP contribution in [-0.2, 0) is 9.53 Å². The van der Waals surface area contributed by atoms with E-state index in [-0.39, 0.29) is 12.0 Å². The van der Waals surface area contributed by atoms with Gasteiger partial charge in [0.25, 0.3) is 0 Å². The summed E-state index contributed by atoms with van der Waals surface area (Å²) < 4.78 is 5.09. The van der Waals surface area contributed by atoms with Gasteiger partial charge in [0.15, 0.2) is 0 Å². The van der Waals surface area contributed by atoms with E-state index in [1.54, 1.807) is 7.11 Å². The van der Waals surface area contributed by atoms with Crippen LogP contribution in [0.15, 0.2) is 0 Å². The number of hydrogen-bond acceptors (Lipinski definition) is 3. The summed E-state index contributed by atoms with van der Waals surface area (Å²) in [4.78, 5) is 11.7. The van der Waals surface area contributed by atoms with Crippen LogP contribution in [0.1, 0.15) is 39.5 Å². The average molecular weight is 228 g/mol. The molecule has 4 heteroatoms. The average Bonchev–Trinajstić information content (AvgIpc) is 2.54. The highest BCUT2D eigenvalue weighted by atomic mass is 16.5. The van der Waals surface area contributed by atoms with Gasteiger partial charge in [-0.2, -0.15) is 0 Å². The summed E-state index contributed by atoms with van der Waals surface area (Å²) in [6, 6.07) is 0.331. The van der Waals surface area contributed by atoms with Crippen molar-refractivity contribution in [2.45, 2.75) is 51.7 Å². The van der Waals surface area contributed by atoms with Crippen LogP contribution < -0.4 is 11.1 Å². The molecular weight excluding hydrogens is 204 g/mol. The maximum Gasteiger partial charge on any atom is 0.222 e. The molecule has 1 fully saturated rings. The van der Waals surface area contributed by atoms with Gasteiger partial charge in [-0.05, 0) is 24.7 Å². The molecule has 0 aromatic heterocycles. The molecule has 16 heavy (non-hydrogen) atoms. The lowest BCUT2D eigenvalue weighted by molar-refractivity contribution is -0.124. The third-order valence-electron chi connectivity index (χ3n) is 3.34. The van der Waals surface area contributed by atoms with Crippen molar-refractivity contribution < 1.29 is 9.53 Å². The summed E-state index contributed by atoms with van der Waals surface area (Å²) in [5.41, 5.74) is 5.85. The van der Waals surface area contributed by atoms with Crippen molar-refractivity contribution >= 4 is 5.91 Å². The highest BCUT2D eigenvalue weighted by molar-refractivity contribution is 5.76. The van der Waals surface area contributed by atoms with Gasteiger partial charge in [0.05, 0.1) is 12.5 Å². The van der Waals surface area contributed by atoms with Gasteiger partial charge in [-0.25, -0.2) is 0 Å². The Balaban J connectivity index is 2.30. The number of methoxy groups -OCH3 is 1. The first-order valence-corrected chi connectivity index (χ1v) is 5.99. The van der Waals surface area contributed by atoms with Crippen molar-refractivity contribution in [1.82, 2.24) is 5.32 Å². The molecule has 94 valence electrons. The molecule has 1 aliphatic carbocycles. The summed E-state index contributed by atoms with van der Waals surface area (Å²) >= 11 is 0. The largest absolute Gasteiger partial charge is 0.380 e. The van der Waals surface area contributed by atoms with Gasteiger partial charge in [-0.15, -0.1) is 0 Å². The first-order valence-electron chi connectivity index (χ1n) is 5.99. The second-order valence-corrected chi connectivity index (χ2v) is 5.47. The highest BCUT2D eigenvalue weighted by Crippen LogP contribution is 2.36. The molecule has 0 aliphatic heterocycles. The fourth-order valence-corrected chi connectivity index (χ4v) is 2.32. The van der Waals surface area contributed by atoms with Crippen molar-refractivity contribution in [3.8, 4) is 0 Å². The molecule has 0 spiro atoms. The molecule has 0 heterocycles. The first-order chi connectivity index (χ1) is 7.46. The summed E-state index contributed by atoms with van der Waals surface area (Å²) in [6.45, 7) is 4.88. The Morgan fingerprint density at radius 3 is 2.75 bits per heavy atom. The molecular formula is C12H24N2O2. The Morgan fingerprint density at radius 1 is 1.62 bits per heavy atom. The maximum absolute atomic E-state index is 11.7. The SMILES string of the molecule is COC(CN)CC(=O)NC1CCC(C)(C)C1. The molecule has 4 nitrogen and oxygen atoms in total. The molecule has 0 radical (unpaired) electrons. The van der Waals surface area contributed by atoms with E-state index in [4.69, 9.17) is 10.5 Å². The predicted molar refractivity (Wildman–Crippen MR) is 64.0 cm³/mol. The van der Waals surface area contributed by atoms with Crippen molar-refractivity contribution in [3.63, 3.8) is 0 Å². The third kappa shape index (κ3) is 4.10. The molecule has 0 aromatic carbocycles. The standard InChI is InChI=1S/C12H24N2O2/c1-12(2)5-4-9(7-12)14-11(15)6-10(8-13)16-3/h9-10H,4-8,13H2,1-3H3,(H,14,15). The van der Waals surface area contributed by atoms with Crippen molar-refractivity contribution in [3.05, 3.63) is 0 Å². The van der Waals surface area contributed by atoms with Crippen LogP contribution in [0, 0.1) is 5.41 Å². The summed E-state index contributed by atoms with van der Waals surface area (Å²) in [7, 11) is 1.59.